The number of nitrogens with one attached hydrogen (secondary N) is 2. The molecule has 0 saturated heterocycles. The molecule has 2 aromatic carbocycles. The minimum Gasteiger partial charge on any atom is -0.465 e. The van der Waals surface area contributed by atoms with E-state index in [1.807, 2.05) is 66.7 Å². The maximum Gasteiger partial charge on any atom is 0.325 e. The van der Waals surface area contributed by atoms with Gasteiger partial charge in [0.25, 0.3) is 5.91 Å². The van der Waals surface area contributed by atoms with Gasteiger partial charge in [0.05, 0.1) is 12.6 Å². The zero-order chi connectivity index (χ0) is 19.5. The number of hydrogen-bond donors (Lipinski definition) is 2. The van der Waals surface area contributed by atoms with Crippen LogP contribution in [-0.2, 0) is 14.3 Å². The first-order valence-corrected chi connectivity index (χ1v) is 8.55. The summed E-state index contributed by atoms with van der Waals surface area (Å²) >= 11 is 0. The number of esters is 1. The molecule has 6 nitrogen and oxygen atoms in total. The molecule has 0 atom stereocenters. The molecule has 0 aliphatic carbocycles. The SMILES string of the molecule is CCOC(=O)CN/C=C(/C#N)C(=O)NC(c1ccccc1)c1ccccc1. The maximum atomic E-state index is 12.6. The number of ether oxygens (including phenoxy) is 1. The van der Waals surface area contributed by atoms with Gasteiger partial charge in [-0.2, -0.15) is 5.26 Å². The Morgan fingerprint density at radius 2 is 1.63 bits per heavy atom. The topological polar surface area (TPSA) is 91.2 Å². The lowest BCUT2D eigenvalue weighted by molar-refractivity contribution is -0.141. The first-order chi connectivity index (χ1) is 13.2. The van der Waals surface area contributed by atoms with Gasteiger partial charge in [0, 0.05) is 6.20 Å². The van der Waals surface area contributed by atoms with E-state index in [1.165, 1.54) is 6.20 Å². The van der Waals surface area contributed by atoms with E-state index in [0.29, 0.717) is 0 Å². The first kappa shape index (κ1) is 19.7. The van der Waals surface area contributed by atoms with Crippen LogP contribution in [0.3, 0.4) is 0 Å². The Bertz CT molecular complexity index is 787. The molecule has 27 heavy (non-hydrogen) atoms. The smallest absolute Gasteiger partial charge is 0.325 e. The molecule has 0 bridgehead atoms. The number of hydrogen-bond acceptors (Lipinski definition) is 5. The summed E-state index contributed by atoms with van der Waals surface area (Å²) in [5.41, 5.74) is 1.67. The largest absolute Gasteiger partial charge is 0.465 e. The number of carbonyl (C=O) groups is 2. The summed E-state index contributed by atoms with van der Waals surface area (Å²) in [7, 11) is 0. The van der Waals surface area contributed by atoms with Crippen LogP contribution < -0.4 is 10.6 Å². The summed E-state index contributed by atoms with van der Waals surface area (Å²) in [5.74, 6) is -0.996. The predicted octanol–water partition coefficient (Wildman–Crippen LogP) is 2.45. The molecule has 2 N–H and O–H groups in total. The molecule has 0 aliphatic heterocycles. The molecule has 0 heterocycles. The Morgan fingerprint density at radius 3 is 2.11 bits per heavy atom. The number of nitrogens with zero attached hydrogens (tertiary/aromatic N) is 1. The monoisotopic (exact) mass is 363 g/mol. The third-order valence-electron chi connectivity index (χ3n) is 3.70. The van der Waals surface area contributed by atoms with Crippen molar-refractivity contribution >= 4 is 11.9 Å². The minimum atomic E-state index is -0.536. The minimum absolute atomic E-state index is 0.118. The van der Waals surface area contributed by atoms with Crippen LogP contribution >= 0.6 is 0 Å². The third-order valence-corrected chi connectivity index (χ3v) is 3.70. The molecule has 6 heteroatoms. The fraction of sp³-hybridized carbons (Fsp3) is 0.190. The average molecular weight is 363 g/mol. The van der Waals surface area contributed by atoms with Crippen LogP contribution in [0.5, 0.6) is 0 Å². The van der Waals surface area contributed by atoms with Crippen molar-refractivity contribution in [3.63, 3.8) is 0 Å². The van der Waals surface area contributed by atoms with E-state index in [2.05, 4.69) is 10.6 Å². The molecular weight excluding hydrogens is 342 g/mol. The Hall–Kier alpha value is -3.59. The summed E-state index contributed by atoms with van der Waals surface area (Å²) < 4.78 is 4.78. The number of rotatable bonds is 8. The van der Waals surface area contributed by atoms with Crippen molar-refractivity contribution in [2.45, 2.75) is 13.0 Å². The van der Waals surface area contributed by atoms with Gasteiger partial charge in [-0.3, -0.25) is 9.59 Å². The molecule has 0 spiro atoms. The van der Waals surface area contributed by atoms with E-state index >= 15 is 0 Å². The normalized spacial score (nSPS) is 10.8. The van der Waals surface area contributed by atoms with Gasteiger partial charge in [-0.15, -0.1) is 0 Å². The zero-order valence-electron chi connectivity index (χ0n) is 15.0. The second kappa shape index (κ2) is 10.4. The summed E-state index contributed by atoms with van der Waals surface area (Å²) in [6, 6.07) is 20.4. The second-order valence-corrected chi connectivity index (χ2v) is 5.58. The van der Waals surface area contributed by atoms with Crippen LogP contribution in [0.25, 0.3) is 0 Å². The average Bonchev–Trinajstić information content (AvgIpc) is 2.71. The highest BCUT2D eigenvalue weighted by Crippen LogP contribution is 2.22. The fourth-order valence-corrected chi connectivity index (χ4v) is 2.46. The lowest BCUT2D eigenvalue weighted by atomic mass is 9.98. The zero-order valence-corrected chi connectivity index (χ0v) is 15.0. The van der Waals surface area contributed by atoms with Gasteiger partial charge in [-0.05, 0) is 18.1 Å². The molecule has 0 unspecified atom stereocenters. The summed E-state index contributed by atoms with van der Waals surface area (Å²) in [4.78, 5) is 23.9. The molecule has 2 aromatic rings. The van der Waals surface area contributed by atoms with Crippen molar-refractivity contribution in [2.75, 3.05) is 13.2 Å². The Morgan fingerprint density at radius 1 is 1.07 bits per heavy atom. The Kier molecular flexibility index (Phi) is 7.61. The Balaban J connectivity index is 2.15. The molecular formula is C21H21N3O3. The van der Waals surface area contributed by atoms with Crippen molar-refractivity contribution in [2.24, 2.45) is 0 Å². The van der Waals surface area contributed by atoms with Gasteiger partial charge < -0.3 is 15.4 Å². The van der Waals surface area contributed by atoms with Gasteiger partial charge >= 0.3 is 5.97 Å². The van der Waals surface area contributed by atoms with Crippen molar-refractivity contribution in [3.05, 3.63) is 83.6 Å². The molecule has 2 rings (SSSR count). The van der Waals surface area contributed by atoms with Crippen molar-refractivity contribution in [1.82, 2.24) is 10.6 Å². The number of benzene rings is 2. The van der Waals surface area contributed by atoms with Gasteiger partial charge in [0.2, 0.25) is 0 Å². The first-order valence-electron chi connectivity index (χ1n) is 8.55. The highest BCUT2D eigenvalue weighted by atomic mass is 16.5. The van der Waals surface area contributed by atoms with Crippen LogP contribution in [0.1, 0.15) is 24.1 Å². The van der Waals surface area contributed by atoms with Crippen LogP contribution in [0.2, 0.25) is 0 Å². The maximum absolute atomic E-state index is 12.6. The number of amides is 1. The number of carbonyl (C=O) groups excluding carboxylic acids is 2. The lowest BCUT2D eigenvalue weighted by Gasteiger charge is -2.19. The van der Waals surface area contributed by atoms with Gasteiger partial charge in [-0.1, -0.05) is 60.7 Å². The van der Waals surface area contributed by atoms with E-state index in [4.69, 9.17) is 4.74 Å². The standard InChI is InChI=1S/C21H21N3O3/c1-2-27-19(25)15-23-14-18(13-22)21(26)24-20(16-9-5-3-6-10-16)17-11-7-4-8-12-17/h3-12,14,20,23H,2,15H2,1H3,(H,24,26)/b18-14-. The summed E-state index contributed by atoms with van der Waals surface area (Å²) in [5, 5.41) is 14.8. The van der Waals surface area contributed by atoms with Crippen LogP contribution in [0, 0.1) is 11.3 Å². The molecule has 0 aromatic heterocycles. The van der Waals surface area contributed by atoms with E-state index in [9.17, 15) is 14.9 Å². The van der Waals surface area contributed by atoms with E-state index < -0.39 is 17.9 Å². The Labute approximate surface area is 158 Å². The van der Waals surface area contributed by atoms with Crippen molar-refractivity contribution in [3.8, 4) is 6.07 Å². The molecule has 0 saturated carbocycles. The van der Waals surface area contributed by atoms with E-state index in [-0.39, 0.29) is 18.7 Å². The molecule has 138 valence electrons. The van der Waals surface area contributed by atoms with Crippen LogP contribution in [0.15, 0.2) is 72.4 Å². The van der Waals surface area contributed by atoms with Crippen molar-refractivity contribution in [1.29, 1.82) is 5.26 Å². The van der Waals surface area contributed by atoms with E-state index in [0.717, 1.165) is 11.1 Å². The molecule has 0 fully saturated rings. The molecule has 1 amide bonds. The van der Waals surface area contributed by atoms with Crippen molar-refractivity contribution < 1.29 is 14.3 Å². The van der Waals surface area contributed by atoms with E-state index in [1.54, 1.807) is 6.92 Å². The molecule has 0 aliphatic rings. The highest BCUT2D eigenvalue weighted by molar-refractivity contribution is 5.97. The second-order valence-electron chi connectivity index (χ2n) is 5.58. The highest BCUT2D eigenvalue weighted by Gasteiger charge is 2.19. The number of nitriles is 1. The van der Waals surface area contributed by atoms with Crippen LogP contribution in [-0.4, -0.2) is 25.0 Å². The lowest BCUT2D eigenvalue weighted by Crippen LogP contribution is -2.31. The molecule has 0 radical (unpaired) electrons. The summed E-state index contributed by atoms with van der Waals surface area (Å²) in [6.07, 6.45) is 1.22. The predicted molar refractivity (Wildman–Crippen MR) is 101 cm³/mol. The third kappa shape index (κ3) is 6.01. The van der Waals surface area contributed by atoms with Gasteiger partial charge in [0.1, 0.15) is 18.2 Å². The van der Waals surface area contributed by atoms with Crippen LogP contribution in [0.4, 0.5) is 0 Å². The summed E-state index contributed by atoms with van der Waals surface area (Å²) in [6.45, 7) is 1.86. The fourth-order valence-electron chi connectivity index (χ4n) is 2.46. The van der Waals surface area contributed by atoms with Gasteiger partial charge in [-0.25, -0.2) is 0 Å². The quantitative estimate of drug-likeness (QED) is 0.427. The van der Waals surface area contributed by atoms with Gasteiger partial charge in [0.15, 0.2) is 0 Å².